The van der Waals surface area contributed by atoms with E-state index in [1.54, 1.807) is 24.7 Å². The molecule has 0 spiro atoms. The van der Waals surface area contributed by atoms with E-state index in [2.05, 4.69) is 31.9 Å². The molecule has 1 nitrogen and oxygen atoms in total. The van der Waals surface area contributed by atoms with Gasteiger partial charge in [0.05, 0.1) is 12.5 Å². The molecule has 96 valence electrons. The number of furan rings is 1. The lowest BCUT2D eigenvalue weighted by atomic mass is 9.79. The molecule has 0 radical (unpaired) electrons. The monoisotopic (exact) mass is 374 g/mol. The van der Waals surface area contributed by atoms with Gasteiger partial charge in [-0.2, -0.15) is 0 Å². The van der Waals surface area contributed by atoms with Gasteiger partial charge in [-0.15, -0.1) is 0 Å². The fraction of sp³-hybridized carbons (Fsp3) is 0.286. The minimum atomic E-state index is -0.203. The number of rotatable bonds is 5. The maximum atomic E-state index is 13.4. The molecule has 0 fully saturated rings. The molecule has 0 aliphatic heterocycles. The molecule has 0 amide bonds. The highest BCUT2D eigenvalue weighted by atomic mass is 79.9. The molecule has 0 saturated carbocycles. The summed E-state index contributed by atoms with van der Waals surface area (Å²) in [5.74, 6) is -0.203. The van der Waals surface area contributed by atoms with E-state index in [4.69, 9.17) is 4.42 Å². The third-order valence-corrected chi connectivity index (χ3v) is 5.22. The van der Waals surface area contributed by atoms with Gasteiger partial charge in [-0.05, 0) is 35.7 Å². The number of benzene rings is 1. The predicted octanol–water partition coefficient (Wildman–Crippen LogP) is 4.69. The third kappa shape index (κ3) is 2.86. The van der Waals surface area contributed by atoms with Crippen LogP contribution in [0.5, 0.6) is 0 Å². The van der Waals surface area contributed by atoms with Gasteiger partial charge in [0.2, 0.25) is 0 Å². The number of halogens is 3. The average molecular weight is 376 g/mol. The second-order valence-electron chi connectivity index (χ2n) is 4.37. The van der Waals surface area contributed by atoms with Crippen LogP contribution in [0.25, 0.3) is 0 Å². The Hall–Kier alpha value is -0.610. The number of hydrogen-bond acceptors (Lipinski definition) is 1. The van der Waals surface area contributed by atoms with E-state index in [0.717, 1.165) is 28.2 Å². The molecule has 0 saturated heterocycles. The fourth-order valence-corrected chi connectivity index (χ4v) is 3.96. The standard InChI is InChI=1S/C14H13Br2FO/c15-9-14(10-16,7-11-4-5-18-8-11)12-2-1-3-13(17)6-12/h1-6,8H,7,9-10H2. The first-order valence-electron chi connectivity index (χ1n) is 5.59. The fourth-order valence-electron chi connectivity index (χ4n) is 1.99. The van der Waals surface area contributed by atoms with Gasteiger partial charge in [-0.1, -0.05) is 44.0 Å². The molecule has 0 bridgehead atoms. The SMILES string of the molecule is Fc1cccc(C(CBr)(CBr)Cc2ccoc2)c1. The van der Waals surface area contributed by atoms with Crippen LogP contribution in [0.15, 0.2) is 47.3 Å². The van der Waals surface area contributed by atoms with E-state index >= 15 is 0 Å². The summed E-state index contributed by atoms with van der Waals surface area (Å²) in [5.41, 5.74) is 1.92. The topological polar surface area (TPSA) is 13.1 Å². The first-order chi connectivity index (χ1) is 8.70. The van der Waals surface area contributed by atoms with E-state index in [0.29, 0.717) is 0 Å². The van der Waals surface area contributed by atoms with Crippen LogP contribution >= 0.6 is 31.9 Å². The molecule has 0 aliphatic carbocycles. The summed E-state index contributed by atoms with van der Waals surface area (Å²) in [6.45, 7) is 0. The van der Waals surface area contributed by atoms with Crippen LogP contribution in [0.3, 0.4) is 0 Å². The average Bonchev–Trinajstić information content (AvgIpc) is 2.89. The summed E-state index contributed by atoms with van der Waals surface area (Å²) in [7, 11) is 0. The van der Waals surface area contributed by atoms with Crippen LogP contribution in [0, 0.1) is 5.82 Å². The normalized spacial score (nSPS) is 11.7. The summed E-state index contributed by atoms with van der Waals surface area (Å²) < 4.78 is 18.5. The van der Waals surface area contributed by atoms with Crippen LogP contribution < -0.4 is 0 Å². The van der Waals surface area contributed by atoms with Gasteiger partial charge >= 0.3 is 0 Å². The highest BCUT2D eigenvalue weighted by molar-refractivity contribution is 9.09. The van der Waals surface area contributed by atoms with E-state index in [1.165, 1.54) is 6.07 Å². The van der Waals surface area contributed by atoms with E-state index < -0.39 is 0 Å². The number of hydrogen-bond donors (Lipinski definition) is 0. The van der Waals surface area contributed by atoms with Crippen LogP contribution in [0.2, 0.25) is 0 Å². The van der Waals surface area contributed by atoms with E-state index in [1.807, 2.05) is 12.1 Å². The van der Waals surface area contributed by atoms with Crippen molar-refractivity contribution in [3.05, 3.63) is 59.8 Å². The Balaban J connectivity index is 2.37. The quantitative estimate of drug-likeness (QED) is 0.691. The Labute approximate surface area is 123 Å². The summed E-state index contributed by atoms with van der Waals surface area (Å²) >= 11 is 7.11. The van der Waals surface area contributed by atoms with Crippen molar-refractivity contribution in [2.75, 3.05) is 10.7 Å². The van der Waals surface area contributed by atoms with E-state index in [-0.39, 0.29) is 11.2 Å². The molecule has 18 heavy (non-hydrogen) atoms. The van der Waals surface area contributed by atoms with Gasteiger partial charge in [-0.25, -0.2) is 4.39 Å². The molecular formula is C14H13Br2FO. The number of alkyl halides is 2. The first-order valence-corrected chi connectivity index (χ1v) is 7.83. The van der Waals surface area contributed by atoms with Crippen LogP contribution in [-0.2, 0) is 11.8 Å². The van der Waals surface area contributed by atoms with Crippen molar-refractivity contribution in [1.82, 2.24) is 0 Å². The molecule has 0 atom stereocenters. The van der Waals surface area contributed by atoms with Gasteiger partial charge in [0.1, 0.15) is 5.82 Å². The lowest BCUT2D eigenvalue weighted by Gasteiger charge is -2.30. The van der Waals surface area contributed by atoms with Gasteiger partial charge in [0.25, 0.3) is 0 Å². The highest BCUT2D eigenvalue weighted by Crippen LogP contribution is 2.33. The maximum absolute atomic E-state index is 13.4. The largest absolute Gasteiger partial charge is 0.472 e. The Morgan fingerprint density at radius 3 is 2.50 bits per heavy atom. The zero-order chi connectivity index (χ0) is 13.0. The van der Waals surface area contributed by atoms with Crippen molar-refractivity contribution >= 4 is 31.9 Å². The zero-order valence-corrected chi connectivity index (χ0v) is 12.9. The lowest BCUT2D eigenvalue weighted by Crippen LogP contribution is -2.32. The molecule has 2 aromatic rings. The van der Waals surface area contributed by atoms with Crippen molar-refractivity contribution < 1.29 is 8.81 Å². The second-order valence-corrected chi connectivity index (χ2v) is 5.49. The van der Waals surface area contributed by atoms with E-state index in [9.17, 15) is 4.39 Å². The van der Waals surface area contributed by atoms with Crippen molar-refractivity contribution in [3.8, 4) is 0 Å². The Morgan fingerprint density at radius 1 is 1.17 bits per heavy atom. The summed E-state index contributed by atoms with van der Waals surface area (Å²) in [6, 6.07) is 8.72. The molecule has 0 unspecified atom stereocenters. The minimum Gasteiger partial charge on any atom is -0.472 e. The highest BCUT2D eigenvalue weighted by Gasteiger charge is 2.31. The molecule has 1 aromatic carbocycles. The lowest BCUT2D eigenvalue weighted by molar-refractivity contribution is 0.527. The minimum absolute atomic E-state index is 0.175. The second kappa shape index (κ2) is 6.02. The van der Waals surface area contributed by atoms with Gasteiger partial charge < -0.3 is 4.42 Å². The molecular weight excluding hydrogens is 363 g/mol. The van der Waals surface area contributed by atoms with Crippen molar-refractivity contribution in [2.45, 2.75) is 11.8 Å². The van der Waals surface area contributed by atoms with Crippen molar-refractivity contribution in [2.24, 2.45) is 0 Å². The third-order valence-electron chi connectivity index (χ3n) is 3.07. The molecule has 1 heterocycles. The molecule has 4 heteroatoms. The zero-order valence-electron chi connectivity index (χ0n) is 9.70. The smallest absolute Gasteiger partial charge is 0.123 e. The Morgan fingerprint density at radius 2 is 1.94 bits per heavy atom. The first kappa shape index (κ1) is 13.8. The summed E-state index contributed by atoms with van der Waals surface area (Å²) in [4.78, 5) is 0. The van der Waals surface area contributed by atoms with Crippen molar-refractivity contribution in [1.29, 1.82) is 0 Å². The van der Waals surface area contributed by atoms with Gasteiger partial charge in [0, 0.05) is 16.1 Å². The molecule has 1 aromatic heterocycles. The van der Waals surface area contributed by atoms with Gasteiger partial charge in [0.15, 0.2) is 0 Å². The molecule has 0 N–H and O–H groups in total. The summed E-state index contributed by atoms with van der Waals surface area (Å²) in [6.07, 6.45) is 4.19. The van der Waals surface area contributed by atoms with Crippen molar-refractivity contribution in [3.63, 3.8) is 0 Å². The summed E-state index contributed by atoms with van der Waals surface area (Å²) in [5, 5.41) is 1.50. The Kier molecular flexibility index (Phi) is 4.62. The Bertz CT molecular complexity index is 492. The predicted molar refractivity (Wildman–Crippen MR) is 78.1 cm³/mol. The van der Waals surface area contributed by atoms with Gasteiger partial charge in [-0.3, -0.25) is 0 Å². The van der Waals surface area contributed by atoms with Crippen LogP contribution in [0.1, 0.15) is 11.1 Å². The maximum Gasteiger partial charge on any atom is 0.123 e. The van der Waals surface area contributed by atoms with Crippen LogP contribution in [0.4, 0.5) is 4.39 Å². The van der Waals surface area contributed by atoms with Crippen LogP contribution in [-0.4, -0.2) is 10.7 Å². The molecule has 0 aliphatic rings. The molecule has 2 rings (SSSR count).